The highest BCUT2D eigenvalue weighted by Crippen LogP contribution is 2.36. The normalized spacial score (nSPS) is 19.4. The van der Waals surface area contributed by atoms with Gasteiger partial charge in [0.15, 0.2) is 0 Å². The van der Waals surface area contributed by atoms with Crippen LogP contribution in [0.3, 0.4) is 0 Å². The zero-order valence-corrected chi connectivity index (χ0v) is 11.3. The molecule has 17 heavy (non-hydrogen) atoms. The number of nitrogens with zero attached hydrogens (tertiary/aromatic N) is 1. The van der Waals surface area contributed by atoms with Gasteiger partial charge in [-0.25, -0.2) is 0 Å². The maximum absolute atomic E-state index is 5.80. The quantitative estimate of drug-likeness (QED) is 0.789. The number of aryl methyl sites for hydroxylation is 1. The Hall–Kier alpha value is -1.18. The van der Waals surface area contributed by atoms with E-state index >= 15 is 0 Å². The summed E-state index contributed by atoms with van der Waals surface area (Å²) in [5.74, 6) is 0. The van der Waals surface area contributed by atoms with Crippen molar-refractivity contribution in [1.82, 2.24) is 0 Å². The third kappa shape index (κ3) is 2.56. The summed E-state index contributed by atoms with van der Waals surface area (Å²) in [6.07, 6.45) is 3.89. The highest BCUT2D eigenvalue weighted by Gasteiger charge is 2.28. The standard InChI is InChI=1S/C15H24N2/c1-4-15(3)7-9-17(10-8-15)14-6-5-13(16)11-12(14)2/h5-6,11H,4,7-10,16H2,1-3H3. The number of nitrogen functional groups attached to an aromatic ring is 1. The van der Waals surface area contributed by atoms with Crippen LogP contribution in [0, 0.1) is 12.3 Å². The van der Waals surface area contributed by atoms with Gasteiger partial charge in [0.05, 0.1) is 0 Å². The number of rotatable bonds is 2. The maximum Gasteiger partial charge on any atom is 0.0397 e. The highest BCUT2D eigenvalue weighted by atomic mass is 15.1. The molecule has 2 heteroatoms. The molecule has 1 saturated heterocycles. The smallest absolute Gasteiger partial charge is 0.0397 e. The summed E-state index contributed by atoms with van der Waals surface area (Å²) < 4.78 is 0. The second-order valence-corrected chi connectivity index (χ2v) is 5.70. The molecule has 0 atom stereocenters. The Labute approximate surface area is 105 Å². The molecule has 0 spiro atoms. The molecule has 94 valence electrons. The van der Waals surface area contributed by atoms with Crippen LogP contribution in [-0.4, -0.2) is 13.1 Å². The van der Waals surface area contributed by atoms with Crippen LogP contribution in [0.5, 0.6) is 0 Å². The van der Waals surface area contributed by atoms with E-state index in [0.717, 1.165) is 5.69 Å². The molecule has 0 aliphatic carbocycles. The highest BCUT2D eigenvalue weighted by molar-refractivity contribution is 5.59. The summed E-state index contributed by atoms with van der Waals surface area (Å²) in [7, 11) is 0. The zero-order valence-electron chi connectivity index (χ0n) is 11.3. The Morgan fingerprint density at radius 2 is 1.94 bits per heavy atom. The summed E-state index contributed by atoms with van der Waals surface area (Å²) in [5, 5.41) is 0. The second-order valence-electron chi connectivity index (χ2n) is 5.70. The molecule has 1 aromatic rings. The first-order valence-corrected chi connectivity index (χ1v) is 6.65. The predicted octanol–water partition coefficient (Wildman–Crippen LogP) is 3.59. The average Bonchev–Trinajstić information content (AvgIpc) is 2.31. The molecule has 0 aromatic heterocycles. The number of nitrogens with two attached hydrogens (primary N) is 1. The minimum atomic E-state index is 0.554. The van der Waals surface area contributed by atoms with Crippen molar-refractivity contribution in [2.45, 2.75) is 40.0 Å². The molecule has 2 N–H and O–H groups in total. The molecular formula is C15H24N2. The van der Waals surface area contributed by atoms with Gasteiger partial charge < -0.3 is 10.6 Å². The van der Waals surface area contributed by atoms with Crippen LogP contribution in [0.4, 0.5) is 11.4 Å². The van der Waals surface area contributed by atoms with E-state index in [-0.39, 0.29) is 0 Å². The van der Waals surface area contributed by atoms with E-state index in [0.29, 0.717) is 5.41 Å². The van der Waals surface area contributed by atoms with Crippen molar-refractivity contribution in [3.05, 3.63) is 23.8 Å². The van der Waals surface area contributed by atoms with Gasteiger partial charge in [0, 0.05) is 24.5 Å². The molecule has 2 nitrogen and oxygen atoms in total. The molecule has 0 saturated carbocycles. The monoisotopic (exact) mass is 232 g/mol. The Morgan fingerprint density at radius 1 is 1.29 bits per heavy atom. The van der Waals surface area contributed by atoms with E-state index in [1.807, 2.05) is 6.07 Å². The van der Waals surface area contributed by atoms with Crippen molar-refractivity contribution in [1.29, 1.82) is 0 Å². The van der Waals surface area contributed by atoms with Crippen molar-refractivity contribution >= 4 is 11.4 Å². The van der Waals surface area contributed by atoms with Gasteiger partial charge in [-0.1, -0.05) is 20.3 Å². The van der Waals surface area contributed by atoms with Crippen LogP contribution in [-0.2, 0) is 0 Å². The minimum absolute atomic E-state index is 0.554. The fraction of sp³-hybridized carbons (Fsp3) is 0.600. The van der Waals surface area contributed by atoms with Gasteiger partial charge in [0.2, 0.25) is 0 Å². The van der Waals surface area contributed by atoms with Crippen LogP contribution >= 0.6 is 0 Å². The van der Waals surface area contributed by atoms with E-state index in [1.165, 1.54) is 43.6 Å². The Bertz CT molecular complexity index is 390. The lowest BCUT2D eigenvalue weighted by Crippen LogP contribution is -2.38. The largest absolute Gasteiger partial charge is 0.399 e. The Kier molecular flexibility index (Phi) is 3.32. The molecule has 1 aliphatic rings. The lowest BCUT2D eigenvalue weighted by molar-refractivity contribution is 0.238. The number of anilines is 2. The van der Waals surface area contributed by atoms with Gasteiger partial charge >= 0.3 is 0 Å². The van der Waals surface area contributed by atoms with Gasteiger partial charge in [-0.2, -0.15) is 0 Å². The Morgan fingerprint density at radius 3 is 2.47 bits per heavy atom. The van der Waals surface area contributed by atoms with Crippen molar-refractivity contribution in [2.24, 2.45) is 5.41 Å². The first-order valence-electron chi connectivity index (χ1n) is 6.65. The molecule has 1 fully saturated rings. The maximum atomic E-state index is 5.80. The van der Waals surface area contributed by atoms with Gasteiger partial charge in [-0.3, -0.25) is 0 Å². The summed E-state index contributed by atoms with van der Waals surface area (Å²) in [4.78, 5) is 2.51. The van der Waals surface area contributed by atoms with E-state index < -0.39 is 0 Å². The van der Waals surface area contributed by atoms with Crippen LogP contribution in [0.1, 0.15) is 38.7 Å². The van der Waals surface area contributed by atoms with Crippen molar-refractivity contribution in [3.8, 4) is 0 Å². The summed E-state index contributed by atoms with van der Waals surface area (Å²) in [5.41, 5.74) is 9.87. The van der Waals surface area contributed by atoms with E-state index in [9.17, 15) is 0 Å². The number of hydrogen-bond acceptors (Lipinski definition) is 2. The van der Waals surface area contributed by atoms with Gasteiger partial charge in [0.25, 0.3) is 0 Å². The molecule has 1 heterocycles. The topological polar surface area (TPSA) is 29.3 Å². The Balaban J connectivity index is 2.10. The molecule has 0 radical (unpaired) electrons. The lowest BCUT2D eigenvalue weighted by Gasteiger charge is -2.40. The lowest BCUT2D eigenvalue weighted by atomic mass is 9.78. The molecule has 0 amide bonds. The average molecular weight is 232 g/mol. The van der Waals surface area contributed by atoms with Crippen LogP contribution < -0.4 is 10.6 Å². The minimum Gasteiger partial charge on any atom is -0.399 e. The van der Waals surface area contributed by atoms with Gasteiger partial charge in [-0.05, 0) is 48.9 Å². The van der Waals surface area contributed by atoms with E-state index in [4.69, 9.17) is 5.73 Å². The zero-order chi connectivity index (χ0) is 12.5. The van der Waals surface area contributed by atoms with Crippen molar-refractivity contribution in [3.63, 3.8) is 0 Å². The van der Waals surface area contributed by atoms with Crippen molar-refractivity contribution in [2.75, 3.05) is 23.7 Å². The number of piperidine rings is 1. The molecule has 1 aliphatic heterocycles. The summed E-state index contributed by atoms with van der Waals surface area (Å²) >= 11 is 0. The van der Waals surface area contributed by atoms with Crippen LogP contribution in [0.2, 0.25) is 0 Å². The number of hydrogen-bond donors (Lipinski definition) is 1. The summed E-state index contributed by atoms with van der Waals surface area (Å²) in [6, 6.07) is 6.25. The predicted molar refractivity (Wildman–Crippen MR) is 75.4 cm³/mol. The number of benzene rings is 1. The fourth-order valence-corrected chi connectivity index (χ4v) is 2.67. The van der Waals surface area contributed by atoms with Gasteiger partial charge in [0.1, 0.15) is 0 Å². The molecular weight excluding hydrogens is 208 g/mol. The third-order valence-electron chi connectivity index (χ3n) is 4.39. The van der Waals surface area contributed by atoms with Crippen LogP contribution in [0.15, 0.2) is 18.2 Å². The third-order valence-corrected chi connectivity index (χ3v) is 4.39. The van der Waals surface area contributed by atoms with Gasteiger partial charge in [-0.15, -0.1) is 0 Å². The van der Waals surface area contributed by atoms with E-state index in [1.54, 1.807) is 0 Å². The second kappa shape index (κ2) is 4.59. The summed E-state index contributed by atoms with van der Waals surface area (Å²) in [6.45, 7) is 9.23. The fourth-order valence-electron chi connectivity index (χ4n) is 2.67. The molecule has 1 aromatic carbocycles. The first kappa shape index (κ1) is 12.3. The molecule has 0 unspecified atom stereocenters. The molecule has 0 bridgehead atoms. The van der Waals surface area contributed by atoms with Crippen LogP contribution in [0.25, 0.3) is 0 Å². The first-order chi connectivity index (χ1) is 8.04. The van der Waals surface area contributed by atoms with E-state index in [2.05, 4.69) is 37.8 Å². The SMILES string of the molecule is CCC1(C)CCN(c2ccc(N)cc2C)CC1. The van der Waals surface area contributed by atoms with Crippen molar-refractivity contribution < 1.29 is 0 Å². The molecule has 2 rings (SSSR count).